The molecule has 1 aromatic heterocycles. The SMILES string of the molecule is NCc1cn[nH]c1S(=O)(=O)NCC1CC2CCC1C2. The van der Waals surface area contributed by atoms with Crippen molar-refractivity contribution >= 4 is 10.0 Å². The smallest absolute Gasteiger partial charge is 0.257 e. The van der Waals surface area contributed by atoms with Crippen molar-refractivity contribution in [2.24, 2.45) is 23.5 Å². The van der Waals surface area contributed by atoms with Crippen LogP contribution in [-0.4, -0.2) is 25.2 Å². The van der Waals surface area contributed by atoms with Crippen molar-refractivity contribution in [3.05, 3.63) is 11.8 Å². The molecule has 0 aliphatic heterocycles. The van der Waals surface area contributed by atoms with Gasteiger partial charge >= 0.3 is 0 Å². The molecule has 3 unspecified atom stereocenters. The lowest BCUT2D eigenvalue weighted by molar-refractivity contribution is 0.332. The number of nitrogens with one attached hydrogen (secondary N) is 2. The number of aromatic amines is 1. The Morgan fingerprint density at radius 1 is 1.42 bits per heavy atom. The molecular formula is C12H20N4O2S. The summed E-state index contributed by atoms with van der Waals surface area (Å²) in [5.74, 6) is 2.03. The van der Waals surface area contributed by atoms with Crippen LogP contribution in [0, 0.1) is 17.8 Å². The van der Waals surface area contributed by atoms with Crippen LogP contribution >= 0.6 is 0 Å². The minimum absolute atomic E-state index is 0.109. The Bertz CT molecular complexity index is 554. The van der Waals surface area contributed by atoms with Crippen LogP contribution in [0.3, 0.4) is 0 Å². The fourth-order valence-corrected chi connectivity index (χ4v) is 4.82. The molecule has 0 saturated heterocycles. The van der Waals surface area contributed by atoms with Crippen LogP contribution in [0.2, 0.25) is 0 Å². The normalized spacial score (nSPS) is 30.1. The van der Waals surface area contributed by atoms with E-state index in [-0.39, 0.29) is 11.6 Å². The van der Waals surface area contributed by atoms with E-state index in [9.17, 15) is 8.42 Å². The van der Waals surface area contributed by atoms with Crippen LogP contribution in [0.25, 0.3) is 0 Å². The Kier molecular flexibility index (Phi) is 3.36. The first kappa shape index (κ1) is 13.1. The number of aromatic nitrogens is 2. The van der Waals surface area contributed by atoms with Gasteiger partial charge in [0.25, 0.3) is 10.0 Å². The van der Waals surface area contributed by atoms with Crippen LogP contribution in [0.4, 0.5) is 0 Å². The summed E-state index contributed by atoms with van der Waals surface area (Å²) in [7, 11) is -3.51. The second kappa shape index (κ2) is 4.88. The summed E-state index contributed by atoms with van der Waals surface area (Å²) in [5, 5.41) is 6.39. The maximum atomic E-state index is 12.2. The molecule has 106 valence electrons. The van der Waals surface area contributed by atoms with Crippen LogP contribution in [0.5, 0.6) is 0 Å². The predicted molar refractivity (Wildman–Crippen MR) is 70.6 cm³/mol. The highest BCUT2D eigenvalue weighted by atomic mass is 32.2. The van der Waals surface area contributed by atoms with E-state index >= 15 is 0 Å². The predicted octanol–water partition coefficient (Wildman–Crippen LogP) is 0.583. The van der Waals surface area contributed by atoms with E-state index in [1.165, 1.54) is 31.9 Å². The highest BCUT2D eigenvalue weighted by Gasteiger charge is 2.39. The van der Waals surface area contributed by atoms with Crippen molar-refractivity contribution in [3.63, 3.8) is 0 Å². The fraction of sp³-hybridized carbons (Fsp3) is 0.750. The molecular weight excluding hydrogens is 264 g/mol. The molecule has 0 radical (unpaired) electrons. The molecule has 19 heavy (non-hydrogen) atoms. The zero-order chi connectivity index (χ0) is 13.5. The lowest BCUT2D eigenvalue weighted by Crippen LogP contribution is -2.32. The van der Waals surface area contributed by atoms with Crippen molar-refractivity contribution in [1.29, 1.82) is 0 Å². The molecule has 2 aliphatic rings. The summed E-state index contributed by atoms with van der Waals surface area (Å²) >= 11 is 0. The van der Waals surface area contributed by atoms with E-state index in [2.05, 4.69) is 14.9 Å². The largest absolute Gasteiger partial charge is 0.326 e. The average Bonchev–Trinajstić information content (AvgIpc) is 3.11. The molecule has 0 spiro atoms. The van der Waals surface area contributed by atoms with E-state index in [0.29, 0.717) is 23.9 Å². The summed E-state index contributed by atoms with van der Waals surface area (Å²) in [4.78, 5) is 0. The minimum atomic E-state index is -3.51. The van der Waals surface area contributed by atoms with Crippen LogP contribution in [0.1, 0.15) is 31.2 Å². The van der Waals surface area contributed by atoms with Gasteiger partial charge in [0.15, 0.2) is 5.03 Å². The lowest BCUT2D eigenvalue weighted by atomic mass is 9.89. The molecule has 1 aromatic rings. The van der Waals surface area contributed by atoms with Crippen LogP contribution < -0.4 is 10.5 Å². The quantitative estimate of drug-likeness (QED) is 0.736. The van der Waals surface area contributed by atoms with Crippen molar-refractivity contribution in [2.45, 2.75) is 37.3 Å². The molecule has 3 atom stereocenters. The van der Waals surface area contributed by atoms with Crippen molar-refractivity contribution < 1.29 is 8.42 Å². The zero-order valence-corrected chi connectivity index (χ0v) is 11.6. The monoisotopic (exact) mass is 284 g/mol. The highest BCUT2D eigenvalue weighted by molar-refractivity contribution is 7.89. The first-order valence-corrected chi connectivity index (χ1v) is 8.30. The van der Waals surface area contributed by atoms with Gasteiger partial charge in [0.05, 0.1) is 6.20 Å². The molecule has 2 saturated carbocycles. The molecule has 0 amide bonds. The molecule has 3 rings (SSSR count). The third-order valence-electron chi connectivity index (χ3n) is 4.59. The van der Waals surface area contributed by atoms with E-state index in [1.54, 1.807) is 0 Å². The second-order valence-corrected chi connectivity index (χ2v) is 7.42. The fourth-order valence-electron chi connectivity index (χ4n) is 3.59. The van der Waals surface area contributed by atoms with E-state index in [0.717, 1.165) is 5.92 Å². The van der Waals surface area contributed by atoms with Gasteiger partial charge in [-0.05, 0) is 37.0 Å². The maximum Gasteiger partial charge on any atom is 0.257 e. The highest BCUT2D eigenvalue weighted by Crippen LogP contribution is 2.48. The Morgan fingerprint density at radius 2 is 2.26 bits per heavy atom. The Hall–Kier alpha value is -0.920. The summed E-state index contributed by atoms with van der Waals surface area (Å²) in [6.45, 7) is 0.702. The number of sulfonamides is 1. The van der Waals surface area contributed by atoms with Gasteiger partial charge in [-0.25, -0.2) is 13.1 Å². The van der Waals surface area contributed by atoms with Gasteiger partial charge < -0.3 is 5.73 Å². The van der Waals surface area contributed by atoms with Crippen molar-refractivity contribution in [2.75, 3.05) is 6.54 Å². The summed E-state index contributed by atoms with van der Waals surface area (Å²) in [6.07, 6.45) is 6.50. The van der Waals surface area contributed by atoms with Gasteiger partial charge in [-0.2, -0.15) is 5.10 Å². The van der Waals surface area contributed by atoms with Crippen LogP contribution in [0.15, 0.2) is 11.2 Å². The molecule has 1 heterocycles. The van der Waals surface area contributed by atoms with Crippen molar-refractivity contribution in [1.82, 2.24) is 14.9 Å². The molecule has 2 fully saturated rings. The third kappa shape index (κ3) is 2.42. The second-order valence-electron chi connectivity index (χ2n) is 5.72. The number of rotatable bonds is 5. The van der Waals surface area contributed by atoms with E-state index < -0.39 is 10.0 Å². The molecule has 6 nitrogen and oxygen atoms in total. The number of nitrogens with zero attached hydrogens (tertiary/aromatic N) is 1. The number of hydrogen-bond donors (Lipinski definition) is 3. The lowest BCUT2D eigenvalue weighted by Gasteiger charge is -2.21. The first-order chi connectivity index (χ1) is 9.10. The van der Waals surface area contributed by atoms with Gasteiger partial charge in [0, 0.05) is 18.7 Å². The standard InChI is InChI=1S/C12H20N4O2S/c13-5-11-6-14-16-12(11)19(17,18)15-7-10-4-8-1-2-9(10)3-8/h6,8-10,15H,1-5,7,13H2,(H,14,16). The minimum Gasteiger partial charge on any atom is -0.326 e. The summed E-state index contributed by atoms with van der Waals surface area (Å²) < 4.78 is 27.1. The third-order valence-corrected chi connectivity index (χ3v) is 6.02. The molecule has 7 heteroatoms. The van der Waals surface area contributed by atoms with Gasteiger partial charge in [-0.1, -0.05) is 6.42 Å². The number of H-pyrrole nitrogens is 1. The van der Waals surface area contributed by atoms with Crippen LogP contribution in [-0.2, 0) is 16.6 Å². The maximum absolute atomic E-state index is 12.2. The summed E-state index contributed by atoms with van der Waals surface area (Å²) in [5.41, 5.74) is 6.04. The van der Waals surface area contributed by atoms with Gasteiger partial charge in [0.1, 0.15) is 0 Å². The van der Waals surface area contributed by atoms with Gasteiger partial charge in [-0.15, -0.1) is 0 Å². The molecule has 4 N–H and O–H groups in total. The number of hydrogen-bond acceptors (Lipinski definition) is 4. The van der Waals surface area contributed by atoms with Crippen molar-refractivity contribution in [3.8, 4) is 0 Å². The molecule has 2 bridgehead atoms. The summed E-state index contributed by atoms with van der Waals surface area (Å²) in [6, 6.07) is 0. The first-order valence-electron chi connectivity index (χ1n) is 6.82. The Morgan fingerprint density at radius 3 is 2.89 bits per heavy atom. The molecule has 2 aliphatic carbocycles. The van der Waals surface area contributed by atoms with E-state index in [1.807, 2.05) is 0 Å². The van der Waals surface area contributed by atoms with Gasteiger partial charge in [0.2, 0.25) is 0 Å². The van der Waals surface area contributed by atoms with E-state index in [4.69, 9.17) is 5.73 Å². The number of nitrogens with two attached hydrogens (primary N) is 1. The topological polar surface area (TPSA) is 101 Å². The zero-order valence-electron chi connectivity index (χ0n) is 10.8. The number of fused-ring (bicyclic) bond motifs is 2. The molecule has 0 aromatic carbocycles. The average molecular weight is 284 g/mol. The Balaban J connectivity index is 1.66. The van der Waals surface area contributed by atoms with Gasteiger partial charge in [-0.3, -0.25) is 5.10 Å². The Labute approximate surface area is 113 Å².